The normalized spacial score (nSPS) is 16.2. The number of rotatable bonds is 40. The third-order valence-corrected chi connectivity index (χ3v) is 27.6. The van der Waals surface area contributed by atoms with Crippen molar-refractivity contribution in [1.29, 1.82) is 0 Å². The van der Waals surface area contributed by atoms with Crippen LogP contribution >= 0.6 is 0 Å². The predicted octanol–water partition coefficient (Wildman–Crippen LogP) is 19.1. The molecular weight excluding hydrogens is 1920 g/mol. The molecule has 0 aromatic heterocycles. The van der Waals surface area contributed by atoms with E-state index >= 15 is 0 Å². The zero-order valence-electron chi connectivity index (χ0n) is 90.5. The Morgan fingerprint density at radius 3 is 0.933 bits per heavy atom. The van der Waals surface area contributed by atoms with Crippen molar-refractivity contribution in [2.75, 3.05) is 204 Å². The van der Waals surface area contributed by atoms with Crippen molar-refractivity contribution in [3.63, 3.8) is 0 Å². The summed E-state index contributed by atoms with van der Waals surface area (Å²) in [5.74, 6) is -0.215. The van der Waals surface area contributed by atoms with E-state index in [4.69, 9.17) is 71.1 Å². The maximum atomic E-state index is 13.4. The molecule has 5 unspecified atom stereocenters. The van der Waals surface area contributed by atoms with E-state index in [1.807, 2.05) is 127 Å². The number of nitrogens with zero attached hydrogens (tertiary/aromatic N) is 10. The van der Waals surface area contributed by atoms with Gasteiger partial charge in [0.1, 0.15) is 97.8 Å². The van der Waals surface area contributed by atoms with Crippen molar-refractivity contribution < 1.29 is 119 Å². The molecule has 0 bridgehead atoms. The standard InChI is InChI=1S/5C23H30N2O5/c1-5-16(2)18-8-6-17-7-9-19(11-20(17)10-18)22(26)30-21-12-24(14-28-3)23(27)25(13-21)15-29-4;1-5-16(2)17-9-10-20-18(11-17)7-6-8-21(20)22(26)30-19-12-24(14-28-3)23(27)25(13-19)15-29-4;1-5-16(2)18-10-17-8-6-7-9-20(17)21(11-18)22(26)30-19-12-24(14-28-3)23(27)25(13-19)15-29-4;1-5-16(2)20-10-17-8-6-7-9-18(17)11-21(20)22(26)30-19-12-24(14-28-3)23(27)25(13-19)15-29-4;1-5-16(2)19-11-10-17-8-6-7-9-20(17)21(19)22(26)30-18-12-24(14-28-3)23(27)25(13-18)15-29-4/h6-11,16,21H,5,12-15H2,1-4H3;3*6-11,16,19H,5,12-15H2,1-4H3;6-11,16,18H,5,12-15H2,1-4H3. The summed E-state index contributed by atoms with van der Waals surface area (Å²) in [5.41, 5.74) is 8.35. The maximum absolute atomic E-state index is 13.4. The molecule has 0 spiro atoms. The van der Waals surface area contributed by atoms with Crippen molar-refractivity contribution in [3.8, 4) is 0 Å². The number of ether oxygens (including phenoxy) is 15. The minimum Gasteiger partial charge on any atom is -0.455 e. The van der Waals surface area contributed by atoms with Crippen molar-refractivity contribution in [2.45, 2.75) is 161 Å². The number of hydrogen-bond acceptors (Lipinski definition) is 25. The number of urea groups is 5. The Morgan fingerprint density at radius 1 is 0.240 bits per heavy atom. The number of carbonyl (C=O) groups is 10. The summed E-state index contributed by atoms with van der Waals surface area (Å²) in [7, 11) is 15.2. The molecule has 10 aromatic carbocycles. The Labute approximate surface area is 880 Å². The number of esters is 5. The molecule has 810 valence electrons. The van der Waals surface area contributed by atoms with Gasteiger partial charge in [-0.2, -0.15) is 0 Å². The number of fused-ring (bicyclic) bond motifs is 5. The van der Waals surface area contributed by atoms with Gasteiger partial charge in [-0.15, -0.1) is 0 Å². The molecule has 5 aliphatic heterocycles. The highest BCUT2D eigenvalue weighted by Crippen LogP contribution is 2.37. The number of benzene rings is 10. The van der Waals surface area contributed by atoms with E-state index in [1.165, 1.54) is 131 Å². The monoisotopic (exact) mass is 2070 g/mol. The third kappa shape index (κ3) is 30.4. The molecule has 10 aromatic rings. The van der Waals surface area contributed by atoms with Crippen LogP contribution in [0.4, 0.5) is 24.0 Å². The van der Waals surface area contributed by atoms with Gasteiger partial charge in [0, 0.05) is 71.1 Å². The van der Waals surface area contributed by atoms with Gasteiger partial charge in [-0.25, -0.2) is 47.9 Å². The first-order chi connectivity index (χ1) is 72.4. The second kappa shape index (κ2) is 57.7. The summed E-state index contributed by atoms with van der Waals surface area (Å²) < 4.78 is 80.4. The van der Waals surface area contributed by atoms with Crippen LogP contribution in [0.1, 0.15) is 211 Å². The molecule has 0 radical (unpaired) electrons. The van der Waals surface area contributed by atoms with Crippen LogP contribution in [-0.4, -0.2) is 343 Å². The molecule has 0 aliphatic carbocycles. The van der Waals surface area contributed by atoms with Gasteiger partial charge in [-0.05, 0) is 174 Å². The first-order valence-electron chi connectivity index (χ1n) is 51.2. The largest absolute Gasteiger partial charge is 0.455 e. The fraction of sp³-hybridized carbons (Fsp3) is 0.478. The zero-order chi connectivity index (χ0) is 108. The average Bonchev–Trinajstić information content (AvgIpc) is 0.779. The fourth-order valence-corrected chi connectivity index (χ4v) is 18.8. The van der Waals surface area contributed by atoms with Gasteiger partial charge in [-0.1, -0.05) is 221 Å². The summed E-state index contributed by atoms with van der Waals surface area (Å²) >= 11 is 0. The van der Waals surface area contributed by atoms with E-state index in [2.05, 4.69) is 112 Å². The topological polar surface area (TPSA) is 342 Å². The van der Waals surface area contributed by atoms with Crippen molar-refractivity contribution in [2.24, 2.45) is 0 Å². The predicted molar refractivity (Wildman–Crippen MR) is 572 cm³/mol. The lowest BCUT2D eigenvalue weighted by atomic mass is 9.90. The van der Waals surface area contributed by atoms with Gasteiger partial charge < -0.3 is 71.1 Å². The highest BCUT2D eigenvalue weighted by molar-refractivity contribution is 6.08. The van der Waals surface area contributed by atoms with Crippen LogP contribution in [0.15, 0.2) is 182 Å². The van der Waals surface area contributed by atoms with Gasteiger partial charge in [-0.3, -0.25) is 49.0 Å². The minimum absolute atomic E-state index is 0.124. The molecule has 5 atom stereocenters. The lowest BCUT2D eigenvalue weighted by molar-refractivity contribution is -0.0402. The molecule has 0 N–H and O–H groups in total. The van der Waals surface area contributed by atoms with E-state index in [-0.39, 0.29) is 193 Å². The van der Waals surface area contributed by atoms with E-state index in [1.54, 1.807) is 12.1 Å². The van der Waals surface area contributed by atoms with Crippen LogP contribution in [0.2, 0.25) is 0 Å². The molecule has 35 heteroatoms. The van der Waals surface area contributed by atoms with Crippen LogP contribution in [0.5, 0.6) is 0 Å². The Morgan fingerprint density at radius 2 is 0.533 bits per heavy atom. The quantitative estimate of drug-likeness (QED) is 0.0254. The first-order valence-corrected chi connectivity index (χ1v) is 51.2. The fourth-order valence-electron chi connectivity index (χ4n) is 18.8. The molecular formula is C115H150N10O25. The van der Waals surface area contributed by atoms with E-state index in [9.17, 15) is 47.9 Å². The van der Waals surface area contributed by atoms with Gasteiger partial charge in [0.05, 0.1) is 93.3 Å². The zero-order valence-corrected chi connectivity index (χ0v) is 90.5. The first kappa shape index (κ1) is 117. The smallest absolute Gasteiger partial charge is 0.339 e. The van der Waals surface area contributed by atoms with Crippen molar-refractivity contribution in [1.82, 2.24) is 49.0 Å². The summed E-state index contributed by atoms with van der Waals surface area (Å²) in [6.45, 7) is 25.5. The molecule has 150 heavy (non-hydrogen) atoms. The van der Waals surface area contributed by atoms with Gasteiger partial charge in [0.25, 0.3) is 0 Å². The molecule has 5 saturated heterocycles. The van der Waals surface area contributed by atoms with Crippen LogP contribution in [-0.2, 0) is 71.1 Å². The summed E-state index contributed by atoms with van der Waals surface area (Å²) in [4.78, 5) is 143. The molecule has 15 rings (SSSR count). The Bertz CT molecular complexity index is 6070. The lowest BCUT2D eigenvalue weighted by Crippen LogP contribution is -2.57. The van der Waals surface area contributed by atoms with Crippen LogP contribution in [0.3, 0.4) is 0 Å². The molecule has 5 heterocycles. The second-order valence-electron chi connectivity index (χ2n) is 38.4. The molecule has 10 amide bonds. The van der Waals surface area contributed by atoms with Crippen molar-refractivity contribution >= 4 is 114 Å². The van der Waals surface area contributed by atoms with Gasteiger partial charge in [0.2, 0.25) is 0 Å². The third-order valence-electron chi connectivity index (χ3n) is 27.6. The minimum atomic E-state index is -0.482. The van der Waals surface area contributed by atoms with E-state index in [0.717, 1.165) is 103 Å². The Balaban J connectivity index is 0.000000178. The van der Waals surface area contributed by atoms with Gasteiger partial charge in [0.15, 0.2) is 0 Å². The average molecular weight is 2070 g/mol. The number of carbonyl (C=O) groups excluding carboxylic acids is 10. The van der Waals surface area contributed by atoms with Crippen LogP contribution in [0.25, 0.3) is 53.9 Å². The number of amides is 10. The molecule has 35 nitrogen and oxygen atoms in total. The SMILES string of the molecule is CCC(C)c1cc(C(=O)OC2CN(COC)C(=O)N(COC)C2)c2ccccc2c1.CCC(C)c1cc2ccccc2cc1C(=O)OC1CN(COC)C(=O)N(COC)C1.CCC(C)c1ccc2c(C(=O)OC3CN(COC)C(=O)N(COC)C3)cccc2c1.CCC(C)c1ccc2ccc(C(=O)OC3CN(COC)C(=O)N(COC)C3)cc2c1.CCC(C)c1ccc2ccccc2c1C(=O)OC1CN(COC)C(=O)N(COC)C1. The highest BCUT2D eigenvalue weighted by atomic mass is 16.6. The Hall–Kier alpha value is -13.2. The van der Waals surface area contributed by atoms with Crippen LogP contribution < -0.4 is 0 Å². The molecule has 0 saturated carbocycles. The van der Waals surface area contributed by atoms with E-state index in [0.29, 0.717) is 45.6 Å². The highest BCUT2D eigenvalue weighted by Gasteiger charge is 2.41. The summed E-state index contributed by atoms with van der Waals surface area (Å²) in [6, 6.07) is 58.6. The molecule has 5 fully saturated rings. The van der Waals surface area contributed by atoms with Crippen molar-refractivity contribution in [3.05, 3.63) is 238 Å². The Kier molecular flexibility index (Phi) is 45.0. The summed E-state index contributed by atoms with van der Waals surface area (Å²) in [6.07, 6.45) is 2.55. The van der Waals surface area contributed by atoms with Crippen LogP contribution in [0, 0.1) is 0 Å². The van der Waals surface area contributed by atoms with E-state index < -0.39 is 42.5 Å². The maximum Gasteiger partial charge on any atom is 0.339 e. The number of hydrogen-bond donors (Lipinski definition) is 0. The number of methoxy groups -OCH3 is 10. The lowest BCUT2D eigenvalue weighted by Gasteiger charge is -2.38. The second-order valence-corrected chi connectivity index (χ2v) is 38.4. The summed E-state index contributed by atoms with van der Waals surface area (Å²) in [5, 5.41) is 9.84. The van der Waals surface area contributed by atoms with Gasteiger partial charge >= 0.3 is 60.0 Å². The molecule has 5 aliphatic rings.